The Kier molecular flexibility index (Phi) is 12.1. The summed E-state index contributed by atoms with van der Waals surface area (Å²) < 4.78 is 14.1. The van der Waals surface area contributed by atoms with Crippen LogP contribution >= 0.6 is 15.9 Å². The molecule has 40 heavy (non-hydrogen) atoms. The van der Waals surface area contributed by atoms with Crippen LogP contribution in [-0.2, 0) is 20.8 Å². The maximum absolute atomic E-state index is 13.9. The number of carbonyl (C=O) groups is 4. The first-order chi connectivity index (χ1) is 19.2. The van der Waals surface area contributed by atoms with E-state index in [2.05, 4.69) is 27.8 Å². The van der Waals surface area contributed by atoms with Crippen molar-refractivity contribution in [2.45, 2.75) is 51.0 Å². The number of Topliss-reactive ketones (excluding diaryl/α,β-unsaturated/α-hetero) is 3. The minimum Gasteiger partial charge on any atom is -0.386 e. The Balaban J connectivity index is 1.74. The average molecular weight is 615 g/mol. The molecule has 0 radical (unpaired) electrons. The van der Waals surface area contributed by atoms with Gasteiger partial charge in [0, 0.05) is 47.8 Å². The predicted molar refractivity (Wildman–Crippen MR) is 156 cm³/mol. The molecule has 1 heterocycles. The summed E-state index contributed by atoms with van der Waals surface area (Å²) in [5, 5.41) is 2.86. The second kappa shape index (κ2) is 15.5. The van der Waals surface area contributed by atoms with E-state index in [1.54, 1.807) is 29.2 Å². The molecule has 9 heteroatoms. The van der Waals surface area contributed by atoms with Crippen molar-refractivity contribution in [3.05, 3.63) is 82.6 Å². The first kappa shape index (κ1) is 31.2. The van der Waals surface area contributed by atoms with Gasteiger partial charge in [-0.2, -0.15) is 0 Å². The van der Waals surface area contributed by atoms with Crippen LogP contribution < -0.4 is 11.1 Å². The number of carbonyl (C=O) groups excluding carboxylic acids is 4. The third-order valence-electron chi connectivity index (χ3n) is 7.30. The Labute approximate surface area is 243 Å². The molecule has 0 aliphatic carbocycles. The largest absolute Gasteiger partial charge is 0.386 e. The minimum atomic E-state index is -1.14. The van der Waals surface area contributed by atoms with Crippen molar-refractivity contribution in [1.29, 1.82) is 0 Å². The van der Waals surface area contributed by atoms with Gasteiger partial charge in [0.05, 0.1) is 11.9 Å². The first-order valence-electron chi connectivity index (χ1n) is 13.6. The van der Waals surface area contributed by atoms with Gasteiger partial charge in [0.15, 0.2) is 17.3 Å². The fourth-order valence-electron chi connectivity index (χ4n) is 5.18. The summed E-state index contributed by atoms with van der Waals surface area (Å²) in [5.41, 5.74) is 6.94. The molecule has 1 aliphatic heterocycles. The number of alkyl halides is 1. The number of halogens is 2. The molecule has 1 amide bonds. The molecule has 2 aromatic rings. The van der Waals surface area contributed by atoms with E-state index in [9.17, 15) is 23.6 Å². The van der Waals surface area contributed by atoms with Crippen LogP contribution in [-0.4, -0.2) is 54.0 Å². The lowest BCUT2D eigenvalue weighted by molar-refractivity contribution is -0.141. The monoisotopic (exact) mass is 613 g/mol. The van der Waals surface area contributed by atoms with E-state index < -0.39 is 30.3 Å². The quantitative estimate of drug-likeness (QED) is 0.208. The van der Waals surface area contributed by atoms with Crippen LogP contribution in [0.3, 0.4) is 0 Å². The number of hydrogen-bond acceptors (Lipinski definition) is 6. The lowest BCUT2D eigenvalue weighted by Crippen LogP contribution is -2.45. The Morgan fingerprint density at radius 1 is 1.05 bits per heavy atom. The zero-order chi connectivity index (χ0) is 29.1. The molecule has 0 spiro atoms. The van der Waals surface area contributed by atoms with Gasteiger partial charge in [-0.15, -0.1) is 0 Å². The Hall–Kier alpha value is -3.33. The molecule has 1 saturated heterocycles. The van der Waals surface area contributed by atoms with Gasteiger partial charge in [0.25, 0.3) is 0 Å². The molecule has 0 saturated carbocycles. The molecule has 3 atom stereocenters. The number of nitrogens with two attached hydrogens (primary N) is 1. The van der Waals surface area contributed by atoms with Crippen LogP contribution in [0.1, 0.15) is 54.4 Å². The highest BCUT2D eigenvalue weighted by atomic mass is 79.9. The summed E-state index contributed by atoms with van der Waals surface area (Å²) in [5.74, 6) is -2.36. The fourth-order valence-corrected chi connectivity index (χ4v) is 5.45. The van der Waals surface area contributed by atoms with Gasteiger partial charge < -0.3 is 16.0 Å². The molecule has 0 aromatic heterocycles. The van der Waals surface area contributed by atoms with E-state index in [1.807, 2.05) is 30.3 Å². The molecule has 7 nitrogen and oxygen atoms in total. The number of ketones is 3. The van der Waals surface area contributed by atoms with Gasteiger partial charge in [0.2, 0.25) is 5.91 Å². The normalized spacial score (nSPS) is 16.2. The fraction of sp³-hybridized carbons (Fsp3) is 0.419. The number of likely N-dealkylation sites (tertiary alicyclic amines) is 1. The van der Waals surface area contributed by atoms with Crippen LogP contribution in [0.2, 0.25) is 0 Å². The third-order valence-corrected chi connectivity index (χ3v) is 7.82. The maximum atomic E-state index is 13.9. The van der Waals surface area contributed by atoms with E-state index in [1.165, 1.54) is 0 Å². The zero-order valence-electron chi connectivity index (χ0n) is 22.6. The molecular formula is C31H37BrFN3O4. The molecule has 1 fully saturated rings. The first-order valence-corrected chi connectivity index (χ1v) is 14.4. The van der Waals surface area contributed by atoms with E-state index in [-0.39, 0.29) is 30.3 Å². The van der Waals surface area contributed by atoms with Crippen molar-refractivity contribution in [2.24, 2.45) is 17.6 Å². The summed E-state index contributed by atoms with van der Waals surface area (Å²) in [6.07, 6.45) is 2.22. The number of nitrogens with one attached hydrogen (secondary N) is 1. The lowest BCUT2D eigenvalue weighted by atomic mass is 9.88. The third kappa shape index (κ3) is 9.11. The van der Waals surface area contributed by atoms with Crippen molar-refractivity contribution in [3.8, 4) is 0 Å². The SMILES string of the molecule is C=C(N)NCCC[C@H](CC(=O)[C@@H]1CCCN1C(=O)[C@@H](CC(=O)c1ccc(Br)cc1)Cc1ccccc1)C(=O)CF. The van der Waals surface area contributed by atoms with Gasteiger partial charge in [-0.1, -0.05) is 65.0 Å². The van der Waals surface area contributed by atoms with Gasteiger partial charge in [-0.05, 0) is 49.8 Å². The standard InChI is InChI=1S/C31H37BrFN3O4/c1-21(34)35-15-5-9-24(30(39)20-33)18-29(38)27-10-6-16-36(27)31(40)25(17-22-7-3-2-4-8-22)19-28(37)23-11-13-26(32)14-12-23/h2-4,7-8,11-14,24-25,27,35H,1,5-6,9-10,15-20,34H2/t24-,25-,27+/m1/s1. The molecule has 3 N–H and O–H groups in total. The highest BCUT2D eigenvalue weighted by molar-refractivity contribution is 9.10. The summed E-state index contributed by atoms with van der Waals surface area (Å²) >= 11 is 3.37. The number of amides is 1. The molecule has 0 bridgehead atoms. The molecule has 214 valence electrons. The van der Waals surface area contributed by atoms with Crippen molar-refractivity contribution >= 4 is 39.2 Å². The van der Waals surface area contributed by atoms with E-state index in [4.69, 9.17) is 5.73 Å². The molecule has 1 aliphatic rings. The van der Waals surface area contributed by atoms with Crippen molar-refractivity contribution < 1.29 is 23.6 Å². The van der Waals surface area contributed by atoms with E-state index in [0.29, 0.717) is 56.6 Å². The molecule has 2 aromatic carbocycles. The summed E-state index contributed by atoms with van der Waals surface area (Å²) in [6.45, 7) is 3.27. The Morgan fingerprint density at radius 2 is 1.75 bits per heavy atom. The van der Waals surface area contributed by atoms with Gasteiger partial charge >= 0.3 is 0 Å². The van der Waals surface area contributed by atoms with Crippen LogP contribution in [0, 0.1) is 11.8 Å². The molecule has 3 rings (SSSR count). The van der Waals surface area contributed by atoms with Gasteiger partial charge in [-0.25, -0.2) is 4.39 Å². The highest BCUT2D eigenvalue weighted by Crippen LogP contribution is 2.27. The van der Waals surface area contributed by atoms with Crippen molar-refractivity contribution in [3.63, 3.8) is 0 Å². The summed E-state index contributed by atoms with van der Waals surface area (Å²) in [7, 11) is 0. The molecular weight excluding hydrogens is 577 g/mol. The van der Waals surface area contributed by atoms with Gasteiger partial charge in [0.1, 0.15) is 6.67 Å². The number of benzene rings is 2. The average Bonchev–Trinajstić information content (AvgIpc) is 3.44. The summed E-state index contributed by atoms with van der Waals surface area (Å²) in [6, 6.07) is 15.8. The summed E-state index contributed by atoms with van der Waals surface area (Å²) in [4.78, 5) is 54.3. The molecule has 0 unspecified atom stereocenters. The lowest BCUT2D eigenvalue weighted by Gasteiger charge is -2.29. The minimum absolute atomic E-state index is 0.00909. The van der Waals surface area contributed by atoms with E-state index in [0.717, 1.165) is 10.0 Å². The van der Waals surface area contributed by atoms with Crippen LogP contribution in [0.25, 0.3) is 0 Å². The van der Waals surface area contributed by atoms with Crippen LogP contribution in [0.4, 0.5) is 4.39 Å². The smallest absolute Gasteiger partial charge is 0.227 e. The zero-order valence-corrected chi connectivity index (χ0v) is 24.2. The topological polar surface area (TPSA) is 110 Å². The predicted octanol–water partition coefficient (Wildman–Crippen LogP) is 4.79. The second-order valence-corrected chi connectivity index (χ2v) is 11.2. The Bertz CT molecular complexity index is 1190. The van der Waals surface area contributed by atoms with Crippen molar-refractivity contribution in [1.82, 2.24) is 10.2 Å². The highest BCUT2D eigenvalue weighted by Gasteiger charge is 2.38. The van der Waals surface area contributed by atoms with Crippen LogP contribution in [0.15, 0.2) is 71.5 Å². The number of nitrogens with zero attached hydrogens (tertiary/aromatic N) is 1. The Morgan fingerprint density at radius 3 is 2.40 bits per heavy atom. The second-order valence-electron chi connectivity index (χ2n) is 10.3. The number of hydrogen-bond donors (Lipinski definition) is 2. The van der Waals surface area contributed by atoms with Crippen LogP contribution in [0.5, 0.6) is 0 Å². The van der Waals surface area contributed by atoms with E-state index >= 15 is 0 Å². The maximum Gasteiger partial charge on any atom is 0.227 e. The van der Waals surface area contributed by atoms with Gasteiger partial charge in [-0.3, -0.25) is 19.2 Å². The van der Waals surface area contributed by atoms with Crippen molar-refractivity contribution in [2.75, 3.05) is 19.8 Å². The number of rotatable bonds is 16.